The molecule has 148 valence electrons. The number of H-pyrrole nitrogens is 1. The fourth-order valence-electron chi connectivity index (χ4n) is 3.03. The highest BCUT2D eigenvalue weighted by Crippen LogP contribution is 2.20. The Morgan fingerprint density at radius 3 is 2.57 bits per heavy atom. The summed E-state index contributed by atoms with van der Waals surface area (Å²) in [6.07, 6.45) is 0.801. The summed E-state index contributed by atoms with van der Waals surface area (Å²) in [6.45, 7) is 0.245. The molecule has 8 heteroatoms. The molecule has 0 saturated heterocycles. The van der Waals surface area contributed by atoms with Crippen LogP contribution in [0.1, 0.15) is 11.1 Å². The van der Waals surface area contributed by atoms with Crippen molar-refractivity contribution < 1.29 is 24.9 Å². The van der Waals surface area contributed by atoms with Crippen molar-refractivity contribution in [3.8, 4) is 5.75 Å². The third-order valence-electron chi connectivity index (χ3n) is 4.36. The molecule has 0 aliphatic heterocycles. The molecule has 3 rings (SSSR count). The van der Waals surface area contributed by atoms with Gasteiger partial charge in [-0.2, -0.15) is 0 Å². The minimum Gasteiger partial charge on any atom is -0.496 e. The Morgan fingerprint density at radius 2 is 1.82 bits per heavy atom. The second-order valence-electron chi connectivity index (χ2n) is 6.10. The molecule has 0 saturated carbocycles. The van der Waals surface area contributed by atoms with Crippen molar-refractivity contribution in [2.24, 2.45) is 0 Å². The number of hydrogen-bond acceptors (Lipinski definition) is 3. The summed E-state index contributed by atoms with van der Waals surface area (Å²) in [5, 5.41) is 15.2. The average molecular weight is 385 g/mol. The molecule has 28 heavy (non-hydrogen) atoms. The number of rotatable bonds is 7. The normalized spacial score (nSPS) is 11.3. The molecule has 0 radical (unpaired) electrons. The highest BCUT2D eigenvalue weighted by molar-refractivity contribution is 5.88. The van der Waals surface area contributed by atoms with Gasteiger partial charge in [0.05, 0.1) is 7.11 Å². The van der Waals surface area contributed by atoms with Crippen molar-refractivity contribution in [1.82, 2.24) is 15.6 Å². The van der Waals surface area contributed by atoms with Crippen molar-refractivity contribution in [2.45, 2.75) is 19.0 Å². The standard InChI is InChI=1S/C20H21N3O4.H2O/c1-27-18-9-5-2-6-13(18)11-22-19(24)17(23-20(25)26)10-14-12-21-16-8-4-3-7-15(14)16;/h2-9,12,17,21,23H,10-11H2,1H3,(H,22,24)(H,25,26);1H2. The van der Waals surface area contributed by atoms with Gasteiger partial charge in [-0.25, -0.2) is 4.79 Å². The molecule has 0 bridgehead atoms. The second-order valence-corrected chi connectivity index (χ2v) is 6.10. The van der Waals surface area contributed by atoms with Crippen LogP contribution in [-0.4, -0.2) is 40.7 Å². The predicted molar refractivity (Wildman–Crippen MR) is 105 cm³/mol. The van der Waals surface area contributed by atoms with Crippen molar-refractivity contribution >= 4 is 22.9 Å². The van der Waals surface area contributed by atoms with Crippen LogP contribution in [-0.2, 0) is 17.8 Å². The fourth-order valence-corrected chi connectivity index (χ4v) is 3.03. The Balaban J connectivity index is 0.00000280. The quantitative estimate of drug-likeness (QED) is 0.493. The second kappa shape index (κ2) is 9.43. The number of para-hydroxylation sites is 2. The molecule has 0 aliphatic carbocycles. The lowest BCUT2D eigenvalue weighted by Gasteiger charge is -2.17. The highest BCUT2D eigenvalue weighted by atomic mass is 16.5. The molecule has 2 amide bonds. The van der Waals surface area contributed by atoms with Gasteiger partial charge in [0.15, 0.2) is 0 Å². The summed E-state index contributed by atoms with van der Waals surface area (Å²) in [5.41, 5.74) is 2.63. The van der Waals surface area contributed by atoms with Crippen molar-refractivity contribution in [3.63, 3.8) is 0 Å². The number of carbonyl (C=O) groups is 2. The van der Waals surface area contributed by atoms with Gasteiger partial charge in [0.2, 0.25) is 5.91 Å². The zero-order valence-electron chi connectivity index (χ0n) is 15.4. The molecule has 3 aromatic rings. The first-order valence-electron chi connectivity index (χ1n) is 8.52. The van der Waals surface area contributed by atoms with Gasteiger partial charge in [0.25, 0.3) is 0 Å². The number of nitrogens with one attached hydrogen (secondary N) is 3. The number of aromatic nitrogens is 1. The summed E-state index contributed by atoms with van der Waals surface area (Å²) in [6, 6.07) is 14.1. The van der Waals surface area contributed by atoms with Crippen LogP contribution < -0.4 is 15.4 Å². The van der Waals surface area contributed by atoms with Crippen molar-refractivity contribution in [2.75, 3.05) is 7.11 Å². The van der Waals surface area contributed by atoms with E-state index in [1.54, 1.807) is 19.4 Å². The Kier molecular flexibility index (Phi) is 7.00. The van der Waals surface area contributed by atoms with Gasteiger partial charge in [-0.05, 0) is 17.7 Å². The molecule has 1 unspecified atom stereocenters. The van der Waals surface area contributed by atoms with E-state index in [-0.39, 0.29) is 18.4 Å². The van der Waals surface area contributed by atoms with Gasteiger partial charge in [0.1, 0.15) is 11.8 Å². The van der Waals surface area contributed by atoms with E-state index in [4.69, 9.17) is 9.84 Å². The van der Waals surface area contributed by atoms with E-state index in [0.29, 0.717) is 5.75 Å². The zero-order chi connectivity index (χ0) is 19.2. The van der Waals surface area contributed by atoms with Gasteiger partial charge in [-0.1, -0.05) is 36.4 Å². The lowest BCUT2D eigenvalue weighted by molar-refractivity contribution is -0.123. The Hall–Kier alpha value is -3.52. The lowest BCUT2D eigenvalue weighted by Crippen LogP contribution is -2.47. The maximum Gasteiger partial charge on any atom is 0.405 e. The summed E-state index contributed by atoms with van der Waals surface area (Å²) in [5.74, 6) is 0.269. The van der Waals surface area contributed by atoms with E-state index in [1.165, 1.54) is 0 Å². The van der Waals surface area contributed by atoms with Crippen LogP contribution in [0.4, 0.5) is 4.79 Å². The van der Waals surface area contributed by atoms with E-state index < -0.39 is 18.0 Å². The van der Waals surface area contributed by atoms with Crippen LogP contribution in [0.3, 0.4) is 0 Å². The number of carbonyl (C=O) groups excluding carboxylic acids is 1. The number of aromatic amines is 1. The zero-order valence-corrected chi connectivity index (χ0v) is 15.4. The maximum atomic E-state index is 12.6. The van der Waals surface area contributed by atoms with E-state index in [1.807, 2.05) is 42.5 Å². The Labute approximate surface area is 161 Å². The van der Waals surface area contributed by atoms with Crippen LogP contribution in [0.5, 0.6) is 5.75 Å². The molecule has 1 atom stereocenters. The van der Waals surface area contributed by atoms with Crippen LogP contribution in [0.2, 0.25) is 0 Å². The molecule has 0 spiro atoms. The molecule has 2 aromatic carbocycles. The van der Waals surface area contributed by atoms with E-state index in [2.05, 4.69) is 15.6 Å². The molecule has 1 aromatic heterocycles. The molecule has 1 heterocycles. The SMILES string of the molecule is COc1ccccc1CNC(=O)C(Cc1c[nH]c2ccccc12)NC(=O)O.O. The highest BCUT2D eigenvalue weighted by Gasteiger charge is 2.22. The lowest BCUT2D eigenvalue weighted by atomic mass is 10.0. The van der Waals surface area contributed by atoms with Gasteiger partial charge < -0.3 is 30.9 Å². The summed E-state index contributed by atoms with van der Waals surface area (Å²) < 4.78 is 5.27. The first-order chi connectivity index (χ1) is 13.1. The van der Waals surface area contributed by atoms with E-state index >= 15 is 0 Å². The van der Waals surface area contributed by atoms with Gasteiger partial charge in [-0.3, -0.25) is 4.79 Å². The summed E-state index contributed by atoms with van der Waals surface area (Å²) in [7, 11) is 1.56. The van der Waals surface area contributed by atoms with E-state index in [9.17, 15) is 9.59 Å². The molecule has 0 fully saturated rings. The number of ether oxygens (including phenoxy) is 1. The van der Waals surface area contributed by atoms with Gasteiger partial charge in [-0.15, -0.1) is 0 Å². The van der Waals surface area contributed by atoms with Crippen LogP contribution in [0.15, 0.2) is 54.7 Å². The molecular weight excluding hydrogens is 362 g/mol. The average Bonchev–Trinajstić information content (AvgIpc) is 3.08. The first kappa shape index (κ1) is 20.8. The smallest absolute Gasteiger partial charge is 0.405 e. The maximum absolute atomic E-state index is 12.6. The van der Waals surface area contributed by atoms with E-state index in [0.717, 1.165) is 22.0 Å². The van der Waals surface area contributed by atoms with Crippen molar-refractivity contribution in [3.05, 3.63) is 65.9 Å². The first-order valence-corrected chi connectivity index (χ1v) is 8.52. The number of amides is 2. The molecular formula is C20H23N3O5. The van der Waals surface area contributed by atoms with Crippen LogP contribution in [0, 0.1) is 0 Å². The van der Waals surface area contributed by atoms with Crippen molar-refractivity contribution in [1.29, 1.82) is 0 Å². The monoisotopic (exact) mass is 385 g/mol. The van der Waals surface area contributed by atoms with Crippen LogP contribution in [0.25, 0.3) is 10.9 Å². The van der Waals surface area contributed by atoms with Gasteiger partial charge >= 0.3 is 6.09 Å². The molecule has 8 nitrogen and oxygen atoms in total. The van der Waals surface area contributed by atoms with Gasteiger partial charge in [0, 0.05) is 35.6 Å². The molecule has 0 aliphatic rings. The molecule has 6 N–H and O–H groups in total. The number of methoxy groups -OCH3 is 1. The third kappa shape index (κ3) is 4.80. The fraction of sp³-hybridized carbons (Fsp3) is 0.200. The Morgan fingerprint density at radius 1 is 1.11 bits per heavy atom. The Bertz CT molecular complexity index is 954. The number of benzene rings is 2. The predicted octanol–water partition coefficient (Wildman–Crippen LogP) is 1.85. The number of hydrogen-bond donors (Lipinski definition) is 4. The summed E-state index contributed by atoms with van der Waals surface area (Å²) in [4.78, 5) is 26.9. The minimum absolute atomic E-state index is 0. The van der Waals surface area contributed by atoms with Crippen LogP contribution >= 0.6 is 0 Å². The topological polar surface area (TPSA) is 135 Å². The summed E-state index contributed by atoms with van der Waals surface area (Å²) >= 11 is 0. The third-order valence-corrected chi connectivity index (χ3v) is 4.36. The number of carboxylic acid groups (broad SMARTS) is 1. The largest absolute Gasteiger partial charge is 0.496 e. The number of fused-ring (bicyclic) bond motifs is 1. The minimum atomic E-state index is -1.24.